The topological polar surface area (TPSA) is 0 Å². The van der Waals surface area contributed by atoms with Crippen LogP contribution in [0.4, 0.5) is 0 Å². The molecule has 0 spiro atoms. The van der Waals surface area contributed by atoms with Gasteiger partial charge in [-0.15, -0.1) is 0 Å². The Hall–Kier alpha value is 1.77. The van der Waals surface area contributed by atoms with Gasteiger partial charge in [-0.2, -0.15) is 0 Å². The van der Waals surface area contributed by atoms with Gasteiger partial charge < -0.3 is 13.8 Å². The second kappa shape index (κ2) is 15.9. The van der Waals surface area contributed by atoms with Gasteiger partial charge in [0.15, 0.2) is 0 Å². The number of hydrogen-bond donors (Lipinski definition) is 0. The van der Waals surface area contributed by atoms with Crippen LogP contribution in [0.3, 0.4) is 0 Å². The van der Waals surface area contributed by atoms with E-state index < -0.39 is 0 Å². The van der Waals surface area contributed by atoms with Gasteiger partial charge in [-0.1, -0.05) is 0 Å². The summed E-state index contributed by atoms with van der Waals surface area (Å²) in [5.74, 6) is 0. The van der Waals surface area contributed by atoms with E-state index in [0.29, 0.717) is 0 Å². The Morgan fingerprint density at radius 1 is 0.833 bits per heavy atom. The molecule has 0 aliphatic heterocycles. The molecule has 0 radical (unpaired) electrons. The molecule has 0 saturated heterocycles. The van der Waals surface area contributed by atoms with Gasteiger partial charge in [-0.05, 0) is 0 Å². The summed E-state index contributed by atoms with van der Waals surface area (Å²) in [5.41, 5.74) is 0. The van der Waals surface area contributed by atoms with Crippen LogP contribution >= 0.6 is 0 Å². The molecular weight excluding hydrogens is 230 g/mol. The molecule has 0 aromatic rings. The first kappa shape index (κ1) is 15.7. The summed E-state index contributed by atoms with van der Waals surface area (Å²) in [7, 11) is 0. The van der Waals surface area contributed by atoms with E-state index in [1.165, 1.54) is 0 Å². The quantitative estimate of drug-likeness (QED) is 0.607. The summed E-state index contributed by atoms with van der Waals surface area (Å²) in [5, 5.41) is 0. The predicted octanol–water partition coefficient (Wildman–Crippen LogP) is 1.43. The van der Waals surface area contributed by atoms with Gasteiger partial charge in [0.25, 0.3) is 0 Å². The second-order valence-electron chi connectivity index (χ2n) is 0.707. The third kappa shape index (κ3) is 17.1. The molecule has 0 aliphatic carbocycles. The van der Waals surface area contributed by atoms with E-state index >= 15 is 0 Å². The molecular formula is C4H8Zr2-2. The van der Waals surface area contributed by atoms with Gasteiger partial charge in [0.1, 0.15) is 0 Å². The average molecular weight is 239 g/mol. The van der Waals surface area contributed by atoms with Crippen LogP contribution in [0.15, 0.2) is 0 Å². The predicted molar refractivity (Wildman–Crippen MR) is 19.9 cm³/mol. The largest absolute Gasteiger partial charge is 0.346 e. The molecule has 0 nitrogen and oxygen atoms in total. The van der Waals surface area contributed by atoms with Crippen LogP contribution in [0, 0.1) is 13.8 Å². The molecule has 34 valence electrons. The molecule has 0 amide bonds. The first-order valence-electron chi connectivity index (χ1n) is 1.50. The van der Waals surface area contributed by atoms with E-state index in [2.05, 4.69) is 13.8 Å². The van der Waals surface area contributed by atoms with E-state index in [0.717, 1.165) is 12.8 Å². The Morgan fingerprint density at radius 3 is 1.00 bits per heavy atom. The minimum absolute atomic E-state index is 0. The fraction of sp³-hybridized carbons (Fsp3) is 0.500. The molecule has 0 N–H and O–H groups in total. The third-order valence-electron chi connectivity index (χ3n) is 0.250. The molecule has 0 aromatic carbocycles. The van der Waals surface area contributed by atoms with E-state index in [9.17, 15) is 0 Å². The maximum absolute atomic E-state index is 3.54. The average Bonchev–Trinajstić information content (AvgIpc) is 1.37. The van der Waals surface area contributed by atoms with Gasteiger partial charge in [0.2, 0.25) is 0 Å². The van der Waals surface area contributed by atoms with Crippen molar-refractivity contribution in [3.05, 3.63) is 13.8 Å². The number of hydrogen-bond acceptors (Lipinski definition) is 0. The summed E-state index contributed by atoms with van der Waals surface area (Å²) in [6.45, 7) is 7.08. The fourth-order valence-electron chi connectivity index (χ4n) is 0. The Balaban J connectivity index is -0.0000000450. The normalized spacial score (nSPS) is 5.00. The molecule has 0 fully saturated rings. The van der Waals surface area contributed by atoms with E-state index in [1.807, 2.05) is 0 Å². The molecule has 0 aromatic heterocycles. The van der Waals surface area contributed by atoms with E-state index in [1.54, 1.807) is 0 Å². The minimum Gasteiger partial charge on any atom is -0.346 e. The smallest absolute Gasteiger partial charge is 0 e. The molecule has 0 atom stereocenters. The Labute approximate surface area is 78.3 Å². The van der Waals surface area contributed by atoms with Crippen LogP contribution in [0.1, 0.15) is 12.8 Å². The van der Waals surface area contributed by atoms with Crippen molar-refractivity contribution in [1.29, 1.82) is 0 Å². The van der Waals surface area contributed by atoms with Crippen molar-refractivity contribution in [3.63, 3.8) is 0 Å². The maximum Gasteiger partial charge on any atom is 0 e. The maximum atomic E-state index is 3.54. The van der Waals surface area contributed by atoms with Crippen LogP contribution < -0.4 is 0 Å². The van der Waals surface area contributed by atoms with Crippen molar-refractivity contribution in [2.24, 2.45) is 0 Å². The molecule has 0 aliphatic rings. The first-order chi connectivity index (χ1) is 1.91. The summed E-state index contributed by atoms with van der Waals surface area (Å²) in [4.78, 5) is 0. The molecule has 2 heteroatoms. The number of unbranched alkanes of at least 4 members (excludes halogenated alkanes) is 1. The zero-order valence-electron chi connectivity index (χ0n) is 3.83. The summed E-state index contributed by atoms with van der Waals surface area (Å²) < 4.78 is 0. The second-order valence-corrected chi connectivity index (χ2v) is 0.707. The summed E-state index contributed by atoms with van der Waals surface area (Å²) in [6.07, 6.45) is 1.92. The van der Waals surface area contributed by atoms with E-state index in [4.69, 9.17) is 0 Å². The van der Waals surface area contributed by atoms with Crippen LogP contribution in [0.2, 0.25) is 0 Å². The molecule has 0 unspecified atom stereocenters. The molecule has 0 bridgehead atoms. The molecule has 0 heterocycles. The molecule has 6 heavy (non-hydrogen) atoms. The van der Waals surface area contributed by atoms with E-state index in [-0.39, 0.29) is 52.4 Å². The van der Waals surface area contributed by atoms with Gasteiger partial charge in [0.05, 0.1) is 0 Å². The minimum atomic E-state index is 0. The zero-order valence-corrected chi connectivity index (χ0v) is 8.74. The van der Waals surface area contributed by atoms with Crippen molar-refractivity contribution < 1.29 is 52.4 Å². The van der Waals surface area contributed by atoms with Crippen LogP contribution in [-0.4, -0.2) is 0 Å². The summed E-state index contributed by atoms with van der Waals surface area (Å²) in [6, 6.07) is 0. The zero-order chi connectivity index (χ0) is 3.41. The fourth-order valence-corrected chi connectivity index (χ4v) is 0. The SMILES string of the molecule is [CH2-]CC[CH2-].[Zr].[Zr]. The van der Waals surface area contributed by atoms with Gasteiger partial charge in [0, 0.05) is 52.4 Å². The van der Waals surface area contributed by atoms with Crippen molar-refractivity contribution in [2.75, 3.05) is 0 Å². The Bertz CT molecular complexity index is 7.51. The number of rotatable bonds is 1. The summed E-state index contributed by atoms with van der Waals surface area (Å²) >= 11 is 0. The van der Waals surface area contributed by atoms with Crippen molar-refractivity contribution in [1.82, 2.24) is 0 Å². The van der Waals surface area contributed by atoms with Gasteiger partial charge in [-0.3, -0.25) is 0 Å². The standard InChI is InChI=1S/C4H8.2Zr/c1-3-4-2;;/h1-4H2;;/q-2;;. The van der Waals surface area contributed by atoms with Crippen LogP contribution in [0.5, 0.6) is 0 Å². The van der Waals surface area contributed by atoms with Crippen LogP contribution in [-0.2, 0) is 52.4 Å². The van der Waals surface area contributed by atoms with Gasteiger partial charge >= 0.3 is 0 Å². The van der Waals surface area contributed by atoms with Crippen molar-refractivity contribution >= 4 is 0 Å². The Kier molecular flexibility index (Phi) is 41.4. The van der Waals surface area contributed by atoms with Crippen LogP contribution in [0.25, 0.3) is 0 Å². The molecule has 0 rings (SSSR count). The third-order valence-corrected chi connectivity index (χ3v) is 0.250. The van der Waals surface area contributed by atoms with Crippen molar-refractivity contribution in [3.8, 4) is 0 Å². The van der Waals surface area contributed by atoms with Gasteiger partial charge in [-0.25, -0.2) is 12.8 Å². The Morgan fingerprint density at radius 2 is 1.00 bits per heavy atom. The first-order valence-corrected chi connectivity index (χ1v) is 1.50. The monoisotopic (exact) mass is 236 g/mol. The van der Waals surface area contributed by atoms with Crippen molar-refractivity contribution in [2.45, 2.75) is 12.8 Å². The molecule has 0 saturated carbocycles.